The lowest BCUT2D eigenvalue weighted by Crippen LogP contribution is -2.29. The van der Waals surface area contributed by atoms with Crippen LogP contribution in [-0.4, -0.2) is 36.1 Å². The number of rotatable bonds is 6. The molecule has 23 heavy (non-hydrogen) atoms. The molecule has 0 radical (unpaired) electrons. The lowest BCUT2D eigenvalue weighted by atomic mass is 10.2. The second-order valence-corrected chi connectivity index (χ2v) is 5.49. The van der Waals surface area contributed by atoms with Gasteiger partial charge in [-0.1, -0.05) is 13.0 Å². The van der Waals surface area contributed by atoms with Crippen molar-refractivity contribution < 1.29 is 4.79 Å². The highest BCUT2D eigenvalue weighted by Crippen LogP contribution is 2.19. The molecule has 2 aromatic heterocycles. The Morgan fingerprint density at radius 1 is 1.43 bits per heavy atom. The lowest BCUT2D eigenvalue weighted by molar-refractivity contribution is -0.122. The van der Waals surface area contributed by atoms with Gasteiger partial charge in [0.15, 0.2) is 0 Å². The number of aromatic nitrogens is 6. The van der Waals surface area contributed by atoms with Gasteiger partial charge in [0.2, 0.25) is 5.91 Å². The number of imidazole rings is 1. The molecule has 8 nitrogen and oxygen atoms in total. The Hall–Kier alpha value is -2.77. The van der Waals surface area contributed by atoms with Crippen LogP contribution < -0.4 is 5.32 Å². The number of H-pyrrole nitrogens is 1. The Kier molecular flexibility index (Phi) is 4.31. The largest absolute Gasteiger partial charge is 0.346 e. The quantitative estimate of drug-likeness (QED) is 0.718. The maximum Gasteiger partial charge on any atom is 0.222 e. The Balaban J connectivity index is 1.67. The molecule has 120 valence electrons. The number of fused-ring (bicyclic) bond motifs is 1. The van der Waals surface area contributed by atoms with Gasteiger partial charge in [-0.05, 0) is 41.5 Å². The highest BCUT2D eigenvalue weighted by atomic mass is 16.1. The standard InChI is InChI=1S/C15H19N7O/c1-3-11(17-14(23)6-7-22-9-16-20-21-22)15-18-12-5-4-10(2)8-13(12)19-15/h4-5,8-9,11H,3,6-7H2,1-2H3,(H,17,23)(H,18,19)/t11-/m1/s1. The molecule has 1 amide bonds. The van der Waals surface area contributed by atoms with Gasteiger partial charge in [0, 0.05) is 6.42 Å². The van der Waals surface area contributed by atoms with Crippen molar-refractivity contribution in [3.8, 4) is 0 Å². The van der Waals surface area contributed by atoms with Gasteiger partial charge in [-0.15, -0.1) is 5.10 Å². The van der Waals surface area contributed by atoms with Crippen molar-refractivity contribution in [2.24, 2.45) is 0 Å². The van der Waals surface area contributed by atoms with E-state index in [0.717, 1.165) is 23.3 Å². The van der Waals surface area contributed by atoms with Crippen LogP contribution in [-0.2, 0) is 11.3 Å². The van der Waals surface area contributed by atoms with Crippen LogP contribution >= 0.6 is 0 Å². The molecule has 0 saturated heterocycles. The summed E-state index contributed by atoms with van der Waals surface area (Å²) in [6, 6.07) is 5.93. The van der Waals surface area contributed by atoms with E-state index in [2.05, 4.69) is 36.9 Å². The van der Waals surface area contributed by atoms with E-state index < -0.39 is 0 Å². The van der Waals surface area contributed by atoms with Gasteiger partial charge in [0.25, 0.3) is 0 Å². The van der Waals surface area contributed by atoms with Crippen LogP contribution in [0.3, 0.4) is 0 Å². The van der Waals surface area contributed by atoms with Crippen LogP contribution in [0.15, 0.2) is 24.5 Å². The maximum absolute atomic E-state index is 12.1. The fourth-order valence-corrected chi connectivity index (χ4v) is 2.44. The SMILES string of the molecule is CC[C@@H](NC(=O)CCn1cnnn1)c1nc2ccc(C)cc2[nH]1. The monoisotopic (exact) mass is 313 g/mol. The molecule has 2 N–H and O–H groups in total. The summed E-state index contributed by atoms with van der Waals surface area (Å²) in [4.78, 5) is 20.0. The zero-order valence-electron chi connectivity index (χ0n) is 13.2. The summed E-state index contributed by atoms with van der Waals surface area (Å²) >= 11 is 0. The van der Waals surface area contributed by atoms with Gasteiger partial charge >= 0.3 is 0 Å². The van der Waals surface area contributed by atoms with E-state index in [0.29, 0.717) is 13.0 Å². The van der Waals surface area contributed by atoms with Crippen molar-refractivity contribution in [2.45, 2.75) is 39.3 Å². The number of aromatic amines is 1. The first kappa shape index (κ1) is 15.1. The third-order valence-corrected chi connectivity index (χ3v) is 3.69. The number of amides is 1. The Bertz CT molecular complexity index is 793. The minimum Gasteiger partial charge on any atom is -0.346 e. The summed E-state index contributed by atoms with van der Waals surface area (Å²) in [7, 11) is 0. The molecule has 0 unspecified atom stereocenters. The molecule has 0 aliphatic rings. The van der Waals surface area contributed by atoms with E-state index >= 15 is 0 Å². The molecule has 8 heteroatoms. The number of hydrogen-bond acceptors (Lipinski definition) is 5. The summed E-state index contributed by atoms with van der Waals surface area (Å²) < 4.78 is 1.53. The molecule has 0 spiro atoms. The number of nitrogens with one attached hydrogen (secondary N) is 2. The van der Waals surface area contributed by atoms with Crippen LogP contribution in [0.25, 0.3) is 11.0 Å². The number of carbonyl (C=O) groups excluding carboxylic acids is 1. The number of nitrogens with zero attached hydrogens (tertiary/aromatic N) is 5. The number of hydrogen-bond donors (Lipinski definition) is 2. The zero-order valence-corrected chi connectivity index (χ0v) is 13.2. The normalized spacial score (nSPS) is 12.4. The van der Waals surface area contributed by atoms with Crippen molar-refractivity contribution in [2.75, 3.05) is 0 Å². The third-order valence-electron chi connectivity index (χ3n) is 3.69. The second kappa shape index (κ2) is 6.55. The van der Waals surface area contributed by atoms with Crippen molar-refractivity contribution in [1.29, 1.82) is 0 Å². The molecule has 0 aliphatic carbocycles. The first-order chi connectivity index (χ1) is 11.2. The first-order valence-corrected chi connectivity index (χ1v) is 7.62. The molecule has 0 saturated carbocycles. The van der Waals surface area contributed by atoms with Gasteiger partial charge in [0.1, 0.15) is 12.2 Å². The topological polar surface area (TPSA) is 101 Å². The van der Waals surface area contributed by atoms with Gasteiger partial charge in [0.05, 0.1) is 23.6 Å². The summed E-state index contributed by atoms with van der Waals surface area (Å²) in [6.07, 6.45) is 2.57. The second-order valence-electron chi connectivity index (χ2n) is 5.49. The van der Waals surface area contributed by atoms with E-state index in [1.54, 1.807) is 0 Å². The average molecular weight is 313 g/mol. The number of carbonyl (C=O) groups is 1. The molecule has 1 aromatic carbocycles. The van der Waals surface area contributed by atoms with E-state index in [-0.39, 0.29) is 11.9 Å². The van der Waals surface area contributed by atoms with Crippen LogP contribution in [0.4, 0.5) is 0 Å². The highest BCUT2D eigenvalue weighted by Gasteiger charge is 2.16. The van der Waals surface area contributed by atoms with Gasteiger partial charge in [-0.3, -0.25) is 4.79 Å². The number of tetrazole rings is 1. The highest BCUT2D eigenvalue weighted by molar-refractivity contribution is 5.77. The minimum atomic E-state index is -0.135. The lowest BCUT2D eigenvalue weighted by Gasteiger charge is -2.14. The number of benzene rings is 1. The Labute approximate surface area is 133 Å². The van der Waals surface area contributed by atoms with Crippen LogP contribution in [0, 0.1) is 6.92 Å². The average Bonchev–Trinajstić information content (AvgIpc) is 3.19. The van der Waals surface area contributed by atoms with Crippen molar-refractivity contribution in [1.82, 2.24) is 35.5 Å². The summed E-state index contributed by atoms with van der Waals surface area (Å²) in [6.45, 7) is 4.51. The summed E-state index contributed by atoms with van der Waals surface area (Å²) in [5.41, 5.74) is 3.07. The number of aryl methyl sites for hydroxylation is 2. The van der Waals surface area contributed by atoms with Crippen LogP contribution in [0.5, 0.6) is 0 Å². The predicted molar refractivity (Wildman–Crippen MR) is 84.4 cm³/mol. The molecular formula is C15H19N7O. The fourth-order valence-electron chi connectivity index (χ4n) is 2.44. The zero-order chi connectivity index (χ0) is 16.2. The first-order valence-electron chi connectivity index (χ1n) is 7.62. The van der Waals surface area contributed by atoms with Gasteiger partial charge in [-0.25, -0.2) is 9.67 Å². The predicted octanol–water partition coefficient (Wildman–Crippen LogP) is 1.52. The van der Waals surface area contributed by atoms with E-state index in [1.807, 2.05) is 26.0 Å². The Morgan fingerprint density at radius 3 is 3.04 bits per heavy atom. The maximum atomic E-state index is 12.1. The third kappa shape index (κ3) is 3.53. The van der Waals surface area contributed by atoms with Gasteiger partial charge in [-0.2, -0.15) is 0 Å². The van der Waals surface area contributed by atoms with Crippen LogP contribution in [0.1, 0.15) is 37.2 Å². The molecule has 2 heterocycles. The molecule has 0 fully saturated rings. The Morgan fingerprint density at radius 2 is 2.30 bits per heavy atom. The molecule has 3 aromatic rings. The van der Waals surface area contributed by atoms with E-state index in [1.165, 1.54) is 16.6 Å². The summed E-state index contributed by atoms with van der Waals surface area (Å²) in [5, 5.41) is 13.8. The van der Waals surface area contributed by atoms with Crippen molar-refractivity contribution in [3.05, 3.63) is 35.9 Å². The molecule has 1 atom stereocenters. The van der Waals surface area contributed by atoms with E-state index in [9.17, 15) is 4.79 Å². The minimum absolute atomic E-state index is 0.0519. The summed E-state index contributed by atoms with van der Waals surface area (Å²) in [5.74, 6) is 0.729. The molecule has 0 aliphatic heterocycles. The van der Waals surface area contributed by atoms with E-state index in [4.69, 9.17) is 0 Å². The van der Waals surface area contributed by atoms with Crippen LogP contribution in [0.2, 0.25) is 0 Å². The molecule has 0 bridgehead atoms. The van der Waals surface area contributed by atoms with Crippen molar-refractivity contribution in [3.63, 3.8) is 0 Å². The molecule has 3 rings (SSSR count). The van der Waals surface area contributed by atoms with Crippen molar-refractivity contribution >= 4 is 16.9 Å². The van der Waals surface area contributed by atoms with Gasteiger partial charge < -0.3 is 10.3 Å². The molecular weight excluding hydrogens is 294 g/mol. The smallest absolute Gasteiger partial charge is 0.222 e. The fraction of sp³-hybridized carbons (Fsp3) is 0.400.